The number of hydrogen-bond acceptors (Lipinski definition) is 2. The van der Waals surface area contributed by atoms with Crippen LogP contribution in [0.2, 0.25) is 0 Å². The smallest absolute Gasteiger partial charge is 0.303 e. The molecule has 0 atom stereocenters. The Bertz CT molecular complexity index is 145. The minimum atomic E-state index is -4.17. The van der Waals surface area contributed by atoms with Gasteiger partial charge in [0.15, 0.2) is 0 Å². The molecule has 0 bridgehead atoms. The third-order valence-electron chi connectivity index (χ3n) is 0.297. The topological polar surface area (TPSA) is 66.8 Å². The van der Waals surface area contributed by atoms with E-state index < -0.39 is 7.82 Å². The maximum absolute atomic E-state index is 9.70. The van der Waals surface area contributed by atoms with Gasteiger partial charge < -0.3 is 9.79 Å². The number of phosphoric ester groups is 1. The predicted molar refractivity (Wildman–Crippen MR) is 44.2 cm³/mol. The van der Waals surface area contributed by atoms with Gasteiger partial charge in [-0.25, -0.2) is 4.57 Å². The molecule has 0 aliphatic carbocycles. The quantitative estimate of drug-likeness (QED) is 0.503. The number of hydrogen-bond donors (Lipinski definition) is 2. The van der Waals surface area contributed by atoms with Crippen LogP contribution in [0.15, 0.2) is 12.2 Å². The lowest BCUT2D eigenvalue weighted by Gasteiger charge is -1.98. The van der Waals surface area contributed by atoms with Crippen molar-refractivity contribution in [1.29, 1.82) is 0 Å². The fraction of sp³-hybridized carbons (Fsp3) is 0.667. The van der Waals surface area contributed by atoms with Gasteiger partial charge in [-0.05, 0) is 20.8 Å². The fourth-order valence-electron chi connectivity index (χ4n) is 0.168. The Hall–Kier alpha value is -0.150. The van der Waals surface area contributed by atoms with E-state index in [1.54, 1.807) is 0 Å². The van der Waals surface area contributed by atoms with Crippen LogP contribution in [0.5, 0.6) is 0 Å². The molecular weight excluding hydrogens is 167 g/mol. The van der Waals surface area contributed by atoms with E-state index in [1.807, 2.05) is 13.8 Å². The van der Waals surface area contributed by atoms with Gasteiger partial charge in [-0.3, -0.25) is 4.52 Å². The van der Waals surface area contributed by atoms with Crippen molar-refractivity contribution >= 4 is 7.82 Å². The molecule has 0 aliphatic rings. The minimum absolute atomic E-state index is 0.0459. The summed E-state index contributed by atoms with van der Waals surface area (Å²) in [6.07, 6.45) is 0. The molecule has 0 saturated heterocycles. The normalized spacial score (nSPS) is 9.91. The first-order valence-corrected chi connectivity index (χ1v) is 4.64. The minimum Gasteiger partial charge on any atom is -0.303 e. The highest BCUT2D eigenvalue weighted by Crippen LogP contribution is 2.34. The molecule has 0 unspecified atom stereocenters. The molecule has 11 heavy (non-hydrogen) atoms. The zero-order valence-corrected chi connectivity index (χ0v) is 7.97. The van der Waals surface area contributed by atoms with Crippen LogP contribution in [0, 0.1) is 0 Å². The molecule has 5 heteroatoms. The van der Waals surface area contributed by atoms with Crippen LogP contribution in [0.4, 0.5) is 0 Å². The van der Waals surface area contributed by atoms with Crippen LogP contribution in [-0.2, 0) is 9.09 Å². The highest BCUT2D eigenvalue weighted by atomic mass is 31.2. The van der Waals surface area contributed by atoms with Crippen molar-refractivity contribution in [2.45, 2.75) is 20.8 Å². The van der Waals surface area contributed by atoms with E-state index in [9.17, 15) is 4.57 Å². The molecule has 0 spiro atoms. The van der Waals surface area contributed by atoms with E-state index in [0.717, 1.165) is 0 Å². The number of rotatable bonds is 2. The summed E-state index contributed by atoms with van der Waals surface area (Å²) in [5, 5.41) is 0. The van der Waals surface area contributed by atoms with Crippen molar-refractivity contribution in [3.05, 3.63) is 12.2 Å². The first-order valence-electron chi connectivity index (χ1n) is 3.11. The summed E-state index contributed by atoms with van der Waals surface area (Å²) in [6, 6.07) is 0. The fourth-order valence-corrected chi connectivity index (χ4v) is 0.505. The summed E-state index contributed by atoms with van der Waals surface area (Å²) >= 11 is 0. The second-order valence-corrected chi connectivity index (χ2v) is 3.35. The average Bonchev–Trinajstić information content (AvgIpc) is 1.58. The van der Waals surface area contributed by atoms with Crippen LogP contribution in [-0.4, -0.2) is 16.4 Å². The summed E-state index contributed by atoms with van der Waals surface area (Å²) in [4.78, 5) is 15.8. The summed E-state index contributed by atoms with van der Waals surface area (Å²) in [5.41, 5.74) is 1.17. The number of allylic oxidation sites excluding steroid dienone is 1. The van der Waals surface area contributed by atoms with Crippen LogP contribution < -0.4 is 0 Å². The Morgan fingerprint density at radius 2 is 1.82 bits per heavy atom. The molecule has 0 aromatic heterocycles. The monoisotopic (exact) mass is 182 g/mol. The van der Waals surface area contributed by atoms with Gasteiger partial charge in [0.2, 0.25) is 0 Å². The maximum atomic E-state index is 9.70. The molecule has 4 nitrogen and oxygen atoms in total. The lowest BCUT2D eigenvalue weighted by atomic mass is 10.4. The summed E-state index contributed by atoms with van der Waals surface area (Å²) in [7, 11) is -4.17. The van der Waals surface area contributed by atoms with Crippen molar-refractivity contribution in [2.24, 2.45) is 0 Å². The molecule has 0 radical (unpaired) electrons. The first-order chi connectivity index (χ1) is 4.79. The maximum Gasteiger partial charge on any atom is 0.469 e. The average molecular weight is 182 g/mol. The second kappa shape index (κ2) is 6.55. The second-order valence-electron chi connectivity index (χ2n) is 2.12. The van der Waals surface area contributed by atoms with Gasteiger partial charge in [-0.15, -0.1) is 6.58 Å². The van der Waals surface area contributed by atoms with Crippen molar-refractivity contribution < 1.29 is 18.9 Å². The predicted octanol–water partition coefficient (Wildman–Crippen LogP) is 1.70. The molecular formula is C6H15O4P. The molecule has 0 saturated carbocycles. The molecule has 0 aliphatic heterocycles. The van der Waals surface area contributed by atoms with Gasteiger partial charge >= 0.3 is 7.82 Å². The molecule has 0 aromatic carbocycles. The van der Waals surface area contributed by atoms with E-state index in [2.05, 4.69) is 11.1 Å². The zero-order valence-electron chi connectivity index (χ0n) is 7.07. The van der Waals surface area contributed by atoms with Crippen LogP contribution in [0.3, 0.4) is 0 Å². The van der Waals surface area contributed by atoms with Gasteiger partial charge in [0.1, 0.15) is 0 Å². The lowest BCUT2D eigenvalue weighted by molar-refractivity contribution is 0.206. The van der Waals surface area contributed by atoms with Crippen LogP contribution >= 0.6 is 7.82 Å². The van der Waals surface area contributed by atoms with Crippen molar-refractivity contribution in [3.63, 3.8) is 0 Å². The molecule has 0 aromatic rings. The van der Waals surface area contributed by atoms with Gasteiger partial charge in [0, 0.05) is 0 Å². The highest BCUT2D eigenvalue weighted by molar-refractivity contribution is 7.46. The first kappa shape index (κ1) is 13.4. The Labute approximate surface area is 67.1 Å². The number of phosphoric acid groups is 1. The lowest BCUT2D eigenvalue weighted by Crippen LogP contribution is -1.84. The Balaban J connectivity index is 0. The zero-order chi connectivity index (χ0) is 9.49. The van der Waals surface area contributed by atoms with Crippen molar-refractivity contribution in [2.75, 3.05) is 6.61 Å². The van der Waals surface area contributed by atoms with Gasteiger partial charge in [-0.1, -0.05) is 5.57 Å². The van der Waals surface area contributed by atoms with E-state index in [-0.39, 0.29) is 6.61 Å². The molecule has 0 heterocycles. The standard InChI is InChI=1S/C4H8.C2H7O4P/c1-4(2)3;1-2-6-7(3,4)5/h1H2,2-3H3;2H2,1H3,(H2,3,4,5). The largest absolute Gasteiger partial charge is 0.469 e. The van der Waals surface area contributed by atoms with E-state index >= 15 is 0 Å². The third-order valence-corrected chi connectivity index (χ3v) is 0.892. The molecule has 0 rings (SSSR count). The summed E-state index contributed by atoms with van der Waals surface area (Å²) < 4.78 is 13.6. The van der Waals surface area contributed by atoms with Gasteiger partial charge in [0.25, 0.3) is 0 Å². The van der Waals surface area contributed by atoms with Crippen molar-refractivity contribution in [3.8, 4) is 0 Å². The summed E-state index contributed by atoms with van der Waals surface area (Å²) in [6.45, 7) is 9.06. The molecule has 0 amide bonds. The Kier molecular flexibility index (Phi) is 8.01. The third kappa shape index (κ3) is 41.0. The van der Waals surface area contributed by atoms with Gasteiger partial charge in [0.05, 0.1) is 6.61 Å². The Morgan fingerprint density at radius 3 is 1.82 bits per heavy atom. The van der Waals surface area contributed by atoms with Crippen LogP contribution in [0.1, 0.15) is 20.8 Å². The Morgan fingerprint density at radius 1 is 1.55 bits per heavy atom. The highest BCUT2D eigenvalue weighted by Gasteiger charge is 2.10. The van der Waals surface area contributed by atoms with Crippen LogP contribution in [0.25, 0.3) is 0 Å². The molecule has 0 fully saturated rings. The van der Waals surface area contributed by atoms with Crippen molar-refractivity contribution in [1.82, 2.24) is 0 Å². The molecule has 2 N–H and O–H groups in total. The summed E-state index contributed by atoms with van der Waals surface area (Å²) in [5.74, 6) is 0. The van der Waals surface area contributed by atoms with E-state index in [4.69, 9.17) is 9.79 Å². The van der Waals surface area contributed by atoms with Gasteiger partial charge in [-0.2, -0.15) is 0 Å². The molecule has 68 valence electrons. The van der Waals surface area contributed by atoms with E-state index in [1.165, 1.54) is 12.5 Å². The SMILES string of the molecule is C=C(C)C.CCOP(=O)(O)O. The van der Waals surface area contributed by atoms with E-state index in [0.29, 0.717) is 0 Å².